The normalized spacial score (nSPS) is 14.8. The smallest absolute Gasteiger partial charge is 0.407 e. The van der Waals surface area contributed by atoms with E-state index < -0.39 is 11.7 Å². The number of carbonyl (C=O) groups excluding carboxylic acids is 2. The molecule has 1 aliphatic heterocycles. The van der Waals surface area contributed by atoms with Crippen molar-refractivity contribution in [3.63, 3.8) is 0 Å². The van der Waals surface area contributed by atoms with Gasteiger partial charge in [-0.3, -0.25) is 14.6 Å². The van der Waals surface area contributed by atoms with Gasteiger partial charge in [-0.2, -0.15) is 0 Å². The number of amides is 2. The van der Waals surface area contributed by atoms with E-state index in [1.807, 2.05) is 26.8 Å². The summed E-state index contributed by atoms with van der Waals surface area (Å²) in [5.41, 5.74) is 0.809. The van der Waals surface area contributed by atoms with E-state index in [0.29, 0.717) is 42.3 Å². The van der Waals surface area contributed by atoms with Gasteiger partial charge in [0.1, 0.15) is 11.4 Å². The fourth-order valence-electron chi connectivity index (χ4n) is 3.65. The first kappa shape index (κ1) is 23.4. The number of hydrogen-bond donors (Lipinski definition) is 2. The minimum absolute atomic E-state index is 0.0162. The molecule has 3 rings (SSSR count). The van der Waals surface area contributed by atoms with Gasteiger partial charge in [0.05, 0.1) is 6.42 Å². The summed E-state index contributed by atoms with van der Waals surface area (Å²) >= 11 is 0. The van der Waals surface area contributed by atoms with E-state index >= 15 is 0 Å². The molecule has 0 aliphatic carbocycles. The molecule has 0 bridgehead atoms. The zero-order valence-electron chi connectivity index (χ0n) is 19.1. The zero-order chi connectivity index (χ0) is 23.3. The number of H-pyrrole nitrogens is 1. The number of rotatable bonds is 5. The van der Waals surface area contributed by atoms with E-state index in [-0.39, 0.29) is 23.8 Å². The maximum Gasteiger partial charge on any atom is 0.407 e. The van der Waals surface area contributed by atoms with Crippen LogP contribution in [-0.2, 0) is 16.0 Å². The van der Waals surface area contributed by atoms with E-state index in [4.69, 9.17) is 4.74 Å². The Hall–Kier alpha value is -3.23. The molecule has 1 aliphatic rings. The molecule has 3 heterocycles. The zero-order valence-corrected chi connectivity index (χ0v) is 19.1. The molecule has 32 heavy (non-hydrogen) atoms. The summed E-state index contributed by atoms with van der Waals surface area (Å²) in [6.07, 6.45) is 4.45. The molecule has 1 saturated heterocycles. The van der Waals surface area contributed by atoms with Crippen molar-refractivity contribution in [2.75, 3.05) is 19.6 Å². The van der Waals surface area contributed by atoms with Gasteiger partial charge in [-0.15, -0.1) is 0 Å². The van der Waals surface area contributed by atoms with Crippen LogP contribution < -0.4 is 10.9 Å². The van der Waals surface area contributed by atoms with Gasteiger partial charge < -0.3 is 19.9 Å². The van der Waals surface area contributed by atoms with E-state index in [1.54, 1.807) is 30.3 Å². The Morgan fingerprint density at radius 3 is 2.59 bits per heavy atom. The number of ether oxygens (including phenoxy) is 1. The number of carbonyl (C=O) groups is 2. The summed E-state index contributed by atoms with van der Waals surface area (Å²) in [5.74, 6) is 0.639. The second kappa shape index (κ2) is 9.93. The Balaban J connectivity index is 1.53. The van der Waals surface area contributed by atoms with Gasteiger partial charge in [-0.05, 0) is 58.6 Å². The van der Waals surface area contributed by atoms with Gasteiger partial charge in [0, 0.05) is 48.8 Å². The molecule has 0 aromatic carbocycles. The Labute approximate surface area is 187 Å². The van der Waals surface area contributed by atoms with Gasteiger partial charge >= 0.3 is 6.09 Å². The average Bonchev–Trinajstić information content (AvgIpc) is 2.74. The molecular weight excluding hydrogens is 410 g/mol. The molecule has 0 spiro atoms. The van der Waals surface area contributed by atoms with Crippen LogP contribution in [0.3, 0.4) is 0 Å². The Bertz CT molecular complexity index is 1010. The molecule has 0 atom stereocenters. The van der Waals surface area contributed by atoms with Crippen LogP contribution >= 0.6 is 0 Å². The summed E-state index contributed by atoms with van der Waals surface area (Å²) in [4.78, 5) is 50.3. The van der Waals surface area contributed by atoms with Crippen molar-refractivity contribution < 1.29 is 14.3 Å². The third kappa shape index (κ3) is 6.38. The molecule has 0 saturated carbocycles. The van der Waals surface area contributed by atoms with E-state index in [9.17, 15) is 14.4 Å². The standard InChI is InChI=1S/C23H31N5O4/c1-15-18(21(30)27-20(26-15)17-6-5-9-24-14-17)12-19(29)28-10-7-16(8-11-28)13-25-22(31)32-23(2,3)4/h5-6,9,14,16H,7-8,10-13H2,1-4H3,(H,25,31)(H,26,27,30). The maximum absolute atomic E-state index is 12.8. The minimum atomic E-state index is -0.527. The van der Waals surface area contributed by atoms with Crippen LogP contribution in [-0.4, -0.2) is 57.1 Å². The second-order valence-corrected chi connectivity index (χ2v) is 9.10. The lowest BCUT2D eigenvalue weighted by Gasteiger charge is -2.32. The first-order valence-electron chi connectivity index (χ1n) is 10.9. The number of hydrogen-bond acceptors (Lipinski definition) is 6. The molecule has 172 valence electrons. The topological polar surface area (TPSA) is 117 Å². The SMILES string of the molecule is Cc1nc(-c2cccnc2)[nH]c(=O)c1CC(=O)N1CCC(CNC(=O)OC(C)(C)C)CC1. The van der Waals surface area contributed by atoms with E-state index in [1.165, 1.54) is 0 Å². The van der Waals surface area contributed by atoms with Crippen LogP contribution in [0.2, 0.25) is 0 Å². The lowest BCUT2D eigenvalue weighted by Crippen LogP contribution is -2.43. The molecule has 9 heteroatoms. The first-order valence-corrected chi connectivity index (χ1v) is 10.9. The number of aromatic amines is 1. The van der Waals surface area contributed by atoms with Crippen LogP contribution in [0.1, 0.15) is 44.9 Å². The minimum Gasteiger partial charge on any atom is -0.444 e. The number of aryl methyl sites for hydroxylation is 1. The fraction of sp³-hybridized carbons (Fsp3) is 0.522. The summed E-state index contributed by atoms with van der Waals surface area (Å²) in [6, 6.07) is 3.59. The Morgan fingerprint density at radius 1 is 1.28 bits per heavy atom. The predicted octanol–water partition coefficient (Wildman–Crippen LogP) is 2.45. The summed E-state index contributed by atoms with van der Waals surface area (Å²) < 4.78 is 5.26. The highest BCUT2D eigenvalue weighted by molar-refractivity contribution is 5.79. The molecule has 9 nitrogen and oxygen atoms in total. The van der Waals surface area contributed by atoms with Crippen molar-refractivity contribution in [2.45, 2.75) is 52.6 Å². The van der Waals surface area contributed by atoms with Crippen molar-refractivity contribution in [2.24, 2.45) is 5.92 Å². The van der Waals surface area contributed by atoms with Crippen LogP contribution in [0.15, 0.2) is 29.3 Å². The summed E-state index contributed by atoms with van der Waals surface area (Å²) in [5, 5.41) is 2.80. The van der Waals surface area contributed by atoms with Crippen LogP contribution in [0.5, 0.6) is 0 Å². The summed E-state index contributed by atoms with van der Waals surface area (Å²) in [7, 11) is 0. The van der Waals surface area contributed by atoms with Gasteiger partial charge in [0.25, 0.3) is 5.56 Å². The average molecular weight is 442 g/mol. The first-order chi connectivity index (χ1) is 15.1. The highest BCUT2D eigenvalue weighted by Gasteiger charge is 2.25. The number of piperidine rings is 1. The molecule has 2 N–H and O–H groups in total. The number of alkyl carbamates (subject to hydrolysis) is 1. The Kier molecular flexibility index (Phi) is 7.27. The van der Waals surface area contributed by atoms with Gasteiger partial charge in [0.2, 0.25) is 5.91 Å². The number of nitrogens with zero attached hydrogens (tertiary/aromatic N) is 3. The lowest BCUT2D eigenvalue weighted by atomic mass is 9.96. The van der Waals surface area contributed by atoms with Gasteiger partial charge in [-0.25, -0.2) is 9.78 Å². The van der Waals surface area contributed by atoms with E-state index in [0.717, 1.165) is 12.8 Å². The van der Waals surface area contributed by atoms with Gasteiger partial charge in [0.15, 0.2) is 0 Å². The van der Waals surface area contributed by atoms with Crippen molar-refractivity contribution in [3.05, 3.63) is 46.1 Å². The number of aromatic nitrogens is 3. The fourth-order valence-corrected chi connectivity index (χ4v) is 3.65. The lowest BCUT2D eigenvalue weighted by molar-refractivity contribution is -0.131. The van der Waals surface area contributed by atoms with Crippen molar-refractivity contribution in [3.8, 4) is 11.4 Å². The van der Waals surface area contributed by atoms with Crippen LogP contribution in [0.25, 0.3) is 11.4 Å². The van der Waals surface area contributed by atoms with Crippen LogP contribution in [0, 0.1) is 12.8 Å². The number of nitrogens with one attached hydrogen (secondary N) is 2. The second-order valence-electron chi connectivity index (χ2n) is 9.10. The summed E-state index contributed by atoms with van der Waals surface area (Å²) in [6.45, 7) is 8.93. The molecule has 2 aromatic rings. The molecule has 0 unspecified atom stereocenters. The number of likely N-dealkylation sites (tertiary alicyclic amines) is 1. The molecule has 0 radical (unpaired) electrons. The Morgan fingerprint density at radius 2 is 2.00 bits per heavy atom. The molecular formula is C23H31N5O4. The largest absolute Gasteiger partial charge is 0.444 e. The predicted molar refractivity (Wildman–Crippen MR) is 120 cm³/mol. The molecule has 2 aromatic heterocycles. The quantitative estimate of drug-likeness (QED) is 0.736. The van der Waals surface area contributed by atoms with Crippen molar-refractivity contribution >= 4 is 12.0 Å². The number of pyridine rings is 1. The monoisotopic (exact) mass is 441 g/mol. The van der Waals surface area contributed by atoms with E-state index in [2.05, 4.69) is 20.3 Å². The highest BCUT2D eigenvalue weighted by atomic mass is 16.6. The van der Waals surface area contributed by atoms with Crippen molar-refractivity contribution in [1.29, 1.82) is 0 Å². The van der Waals surface area contributed by atoms with Gasteiger partial charge in [-0.1, -0.05) is 0 Å². The maximum atomic E-state index is 12.8. The molecule has 2 amide bonds. The van der Waals surface area contributed by atoms with Crippen molar-refractivity contribution in [1.82, 2.24) is 25.2 Å². The third-order valence-corrected chi connectivity index (χ3v) is 5.39. The third-order valence-electron chi connectivity index (χ3n) is 5.39. The molecule has 1 fully saturated rings. The highest BCUT2D eigenvalue weighted by Crippen LogP contribution is 2.18. The van der Waals surface area contributed by atoms with Crippen LogP contribution in [0.4, 0.5) is 4.79 Å².